The molecule has 92 valence electrons. The van der Waals surface area contributed by atoms with Gasteiger partial charge in [-0.3, -0.25) is 4.79 Å². The summed E-state index contributed by atoms with van der Waals surface area (Å²) in [6.45, 7) is 4.99. The second-order valence-corrected chi connectivity index (χ2v) is 5.86. The van der Waals surface area contributed by atoms with Crippen LogP contribution in [0.15, 0.2) is 22.7 Å². The molecular formula is C14H18BrNO. The molecule has 0 radical (unpaired) electrons. The summed E-state index contributed by atoms with van der Waals surface area (Å²) in [4.78, 5) is 12.0. The van der Waals surface area contributed by atoms with Crippen molar-refractivity contribution < 1.29 is 4.79 Å². The van der Waals surface area contributed by atoms with Crippen molar-refractivity contribution in [3.8, 4) is 0 Å². The van der Waals surface area contributed by atoms with E-state index in [0.29, 0.717) is 5.92 Å². The van der Waals surface area contributed by atoms with Crippen molar-refractivity contribution in [2.24, 2.45) is 11.8 Å². The van der Waals surface area contributed by atoms with Gasteiger partial charge in [-0.1, -0.05) is 18.6 Å². The fourth-order valence-corrected chi connectivity index (χ4v) is 2.42. The lowest BCUT2D eigenvalue weighted by Crippen LogP contribution is -2.29. The van der Waals surface area contributed by atoms with Gasteiger partial charge < -0.3 is 5.32 Å². The van der Waals surface area contributed by atoms with E-state index in [-0.39, 0.29) is 5.91 Å². The minimum Gasteiger partial charge on any atom is -0.352 e. The van der Waals surface area contributed by atoms with Crippen LogP contribution in [0.4, 0.5) is 0 Å². The molecule has 1 aliphatic rings. The number of rotatable bonds is 4. The van der Waals surface area contributed by atoms with Gasteiger partial charge in [0.05, 0.1) is 5.56 Å². The Morgan fingerprint density at radius 2 is 2.24 bits per heavy atom. The lowest BCUT2D eigenvalue weighted by atomic mass is 10.1. The highest BCUT2D eigenvalue weighted by atomic mass is 79.9. The van der Waals surface area contributed by atoms with Crippen LogP contribution in [0.5, 0.6) is 0 Å². The van der Waals surface area contributed by atoms with E-state index in [9.17, 15) is 4.79 Å². The summed E-state index contributed by atoms with van der Waals surface area (Å²) >= 11 is 3.42. The number of hydrogen-bond donors (Lipinski definition) is 1. The van der Waals surface area contributed by atoms with Gasteiger partial charge in [-0.2, -0.15) is 0 Å². The molecule has 3 heteroatoms. The van der Waals surface area contributed by atoms with Gasteiger partial charge in [-0.15, -0.1) is 0 Å². The van der Waals surface area contributed by atoms with Crippen molar-refractivity contribution in [2.45, 2.75) is 26.7 Å². The first-order valence-corrected chi connectivity index (χ1v) is 6.91. The molecule has 0 bridgehead atoms. The van der Waals surface area contributed by atoms with E-state index in [1.54, 1.807) is 0 Å². The van der Waals surface area contributed by atoms with E-state index < -0.39 is 0 Å². The van der Waals surface area contributed by atoms with Gasteiger partial charge in [-0.05, 0) is 59.7 Å². The average Bonchev–Trinajstić information content (AvgIpc) is 3.12. The molecule has 1 aromatic carbocycles. The summed E-state index contributed by atoms with van der Waals surface area (Å²) in [5, 5.41) is 3.02. The first kappa shape index (κ1) is 12.6. The summed E-state index contributed by atoms with van der Waals surface area (Å²) in [5.74, 6) is 1.45. The Balaban J connectivity index is 1.96. The average molecular weight is 296 g/mol. The van der Waals surface area contributed by atoms with Crippen molar-refractivity contribution in [3.05, 3.63) is 33.8 Å². The van der Waals surface area contributed by atoms with Crippen LogP contribution >= 0.6 is 15.9 Å². The maximum atomic E-state index is 12.0. The third-order valence-corrected chi connectivity index (χ3v) is 4.07. The highest BCUT2D eigenvalue weighted by Gasteiger charge is 2.28. The molecule has 0 heterocycles. The van der Waals surface area contributed by atoms with E-state index in [1.165, 1.54) is 12.8 Å². The van der Waals surface area contributed by atoms with Crippen molar-refractivity contribution in [1.82, 2.24) is 5.32 Å². The molecule has 0 aliphatic heterocycles. The number of amides is 1. The molecule has 2 nitrogen and oxygen atoms in total. The Hall–Kier alpha value is -0.830. The van der Waals surface area contributed by atoms with Crippen LogP contribution in [0.1, 0.15) is 35.7 Å². The Morgan fingerprint density at radius 3 is 2.88 bits per heavy atom. The number of benzene rings is 1. The molecule has 1 unspecified atom stereocenters. The summed E-state index contributed by atoms with van der Waals surface area (Å²) in [6, 6.07) is 5.84. The van der Waals surface area contributed by atoms with Gasteiger partial charge in [0.25, 0.3) is 5.91 Å². The highest BCUT2D eigenvalue weighted by Crippen LogP contribution is 2.36. The van der Waals surface area contributed by atoms with Gasteiger partial charge in [0, 0.05) is 11.0 Å². The molecule has 1 N–H and O–H groups in total. The Labute approximate surface area is 111 Å². The summed E-state index contributed by atoms with van der Waals surface area (Å²) < 4.78 is 0.861. The Bertz CT molecular complexity index is 426. The van der Waals surface area contributed by atoms with Crippen LogP contribution in [0.25, 0.3) is 0 Å². The molecule has 1 fully saturated rings. The zero-order chi connectivity index (χ0) is 12.4. The fourth-order valence-electron chi connectivity index (χ4n) is 1.99. The Kier molecular flexibility index (Phi) is 3.87. The first-order valence-electron chi connectivity index (χ1n) is 6.12. The number of nitrogens with one attached hydrogen (secondary N) is 1. The second kappa shape index (κ2) is 5.21. The molecule has 2 rings (SSSR count). The van der Waals surface area contributed by atoms with E-state index in [0.717, 1.165) is 28.1 Å². The molecule has 0 spiro atoms. The lowest BCUT2D eigenvalue weighted by Gasteiger charge is -2.12. The smallest absolute Gasteiger partial charge is 0.252 e. The largest absolute Gasteiger partial charge is 0.352 e. The van der Waals surface area contributed by atoms with Crippen LogP contribution in [-0.4, -0.2) is 12.5 Å². The third kappa shape index (κ3) is 3.32. The molecule has 1 aliphatic carbocycles. The highest BCUT2D eigenvalue weighted by molar-refractivity contribution is 9.10. The van der Waals surface area contributed by atoms with Gasteiger partial charge in [-0.25, -0.2) is 0 Å². The number of carbonyl (C=O) groups excluding carboxylic acids is 1. The summed E-state index contributed by atoms with van der Waals surface area (Å²) in [5.41, 5.74) is 1.83. The van der Waals surface area contributed by atoms with Crippen molar-refractivity contribution >= 4 is 21.8 Å². The fraction of sp³-hybridized carbons (Fsp3) is 0.500. The quantitative estimate of drug-likeness (QED) is 0.904. The topological polar surface area (TPSA) is 29.1 Å². The zero-order valence-electron chi connectivity index (χ0n) is 10.3. The zero-order valence-corrected chi connectivity index (χ0v) is 11.9. The van der Waals surface area contributed by atoms with Crippen LogP contribution in [-0.2, 0) is 0 Å². The first-order chi connectivity index (χ1) is 8.08. The molecule has 17 heavy (non-hydrogen) atoms. The predicted molar refractivity (Wildman–Crippen MR) is 73.1 cm³/mol. The van der Waals surface area contributed by atoms with Crippen LogP contribution in [0, 0.1) is 18.8 Å². The number of halogens is 1. The maximum absolute atomic E-state index is 12.0. The third-order valence-electron chi connectivity index (χ3n) is 3.38. The van der Waals surface area contributed by atoms with E-state index in [2.05, 4.69) is 28.2 Å². The normalized spacial score (nSPS) is 16.6. The molecule has 1 atom stereocenters. The number of hydrogen-bond acceptors (Lipinski definition) is 1. The standard InChI is InChI=1S/C14H18BrNO/c1-9-3-6-13(15)12(7-9)14(17)16-8-10(2)11-4-5-11/h3,6-7,10-11H,4-5,8H2,1-2H3,(H,16,17). The number of aryl methyl sites for hydroxylation is 1. The summed E-state index contributed by atoms with van der Waals surface area (Å²) in [6.07, 6.45) is 2.65. The lowest BCUT2D eigenvalue weighted by molar-refractivity contribution is 0.0946. The van der Waals surface area contributed by atoms with Crippen LogP contribution < -0.4 is 5.32 Å². The van der Waals surface area contributed by atoms with Crippen LogP contribution in [0.3, 0.4) is 0 Å². The van der Waals surface area contributed by atoms with E-state index >= 15 is 0 Å². The second-order valence-electron chi connectivity index (χ2n) is 5.01. The molecule has 0 aromatic heterocycles. The van der Waals surface area contributed by atoms with Crippen LogP contribution in [0.2, 0.25) is 0 Å². The molecule has 0 saturated heterocycles. The SMILES string of the molecule is Cc1ccc(Br)c(C(=O)NCC(C)C2CC2)c1. The number of carbonyl (C=O) groups is 1. The van der Waals surface area contributed by atoms with E-state index in [1.807, 2.05) is 25.1 Å². The minimum atomic E-state index is 0.0214. The van der Waals surface area contributed by atoms with Gasteiger partial charge in [0.15, 0.2) is 0 Å². The Morgan fingerprint density at radius 1 is 1.53 bits per heavy atom. The van der Waals surface area contributed by atoms with Crippen molar-refractivity contribution in [2.75, 3.05) is 6.54 Å². The minimum absolute atomic E-state index is 0.0214. The monoisotopic (exact) mass is 295 g/mol. The molecule has 1 saturated carbocycles. The predicted octanol–water partition coefficient (Wildman–Crippen LogP) is 3.53. The molecular weight excluding hydrogens is 278 g/mol. The van der Waals surface area contributed by atoms with Crippen molar-refractivity contribution in [1.29, 1.82) is 0 Å². The van der Waals surface area contributed by atoms with E-state index in [4.69, 9.17) is 0 Å². The van der Waals surface area contributed by atoms with Gasteiger partial charge in [0.2, 0.25) is 0 Å². The molecule has 1 aromatic rings. The molecule has 1 amide bonds. The van der Waals surface area contributed by atoms with Gasteiger partial charge in [0.1, 0.15) is 0 Å². The van der Waals surface area contributed by atoms with Gasteiger partial charge >= 0.3 is 0 Å². The van der Waals surface area contributed by atoms with Crippen molar-refractivity contribution in [3.63, 3.8) is 0 Å². The maximum Gasteiger partial charge on any atom is 0.252 e. The summed E-state index contributed by atoms with van der Waals surface area (Å²) in [7, 11) is 0.